The van der Waals surface area contributed by atoms with Gasteiger partial charge in [0.2, 0.25) is 5.91 Å². The summed E-state index contributed by atoms with van der Waals surface area (Å²) in [5.74, 6) is 0.743. The van der Waals surface area contributed by atoms with Gasteiger partial charge in [-0.15, -0.1) is 0 Å². The second kappa shape index (κ2) is 3.50. The van der Waals surface area contributed by atoms with Gasteiger partial charge in [0.15, 0.2) is 0 Å². The fourth-order valence-electron chi connectivity index (χ4n) is 1.71. The van der Waals surface area contributed by atoms with E-state index in [1.165, 1.54) is 0 Å². The van der Waals surface area contributed by atoms with Crippen LogP contribution in [0.1, 0.15) is 19.4 Å². The number of aliphatic imine (C=N–C) groups is 1. The number of nitrogens with one attached hydrogen (secondary N) is 1. The highest BCUT2D eigenvalue weighted by Crippen LogP contribution is 2.24. The molecule has 0 fully saturated rings. The third-order valence-electron chi connectivity index (χ3n) is 2.73. The summed E-state index contributed by atoms with van der Waals surface area (Å²) in [6.45, 7) is 4.38. The van der Waals surface area contributed by atoms with Gasteiger partial charge in [0.05, 0.1) is 0 Å². The summed E-state index contributed by atoms with van der Waals surface area (Å²) in [4.78, 5) is 15.3. The molecule has 1 aromatic carbocycles. The molecular weight excluding hydrogens is 188 g/mol. The number of rotatable bonds is 2. The van der Waals surface area contributed by atoms with E-state index in [1.54, 1.807) is 0 Å². The minimum atomic E-state index is -0.229. The molecule has 0 aliphatic carbocycles. The number of carbonyl (C=O) groups is 1. The predicted molar refractivity (Wildman–Crippen MR) is 59.9 cm³/mol. The number of nitrogens with zero attached hydrogens (tertiary/aromatic N) is 1. The Bertz CT molecular complexity index is 407. The van der Waals surface area contributed by atoms with Gasteiger partial charge in [0.1, 0.15) is 12.4 Å². The molecule has 1 amide bonds. The Balaban J connectivity index is 2.31. The Morgan fingerprint density at radius 1 is 1.27 bits per heavy atom. The minimum Gasteiger partial charge on any atom is -0.312 e. The van der Waals surface area contributed by atoms with Crippen LogP contribution in [0.4, 0.5) is 0 Å². The van der Waals surface area contributed by atoms with Crippen LogP contribution in [0.3, 0.4) is 0 Å². The van der Waals surface area contributed by atoms with Crippen LogP contribution in [-0.4, -0.2) is 18.3 Å². The SMILES string of the molecule is CC(C)(C1=NCC(=O)N1)c1ccccc1. The zero-order valence-electron chi connectivity index (χ0n) is 8.95. The van der Waals surface area contributed by atoms with Crippen molar-refractivity contribution < 1.29 is 4.79 Å². The molecule has 1 aliphatic rings. The highest BCUT2D eigenvalue weighted by molar-refractivity contribution is 6.08. The first kappa shape index (κ1) is 9.90. The molecule has 0 spiro atoms. The molecule has 1 heterocycles. The highest BCUT2D eigenvalue weighted by atomic mass is 16.2. The zero-order chi connectivity index (χ0) is 10.9. The van der Waals surface area contributed by atoms with Crippen LogP contribution in [-0.2, 0) is 10.2 Å². The first-order chi connectivity index (χ1) is 7.10. The molecule has 1 aliphatic heterocycles. The normalized spacial score (nSPS) is 16.1. The number of carbonyl (C=O) groups excluding carboxylic acids is 1. The Morgan fingerprint density at radius 3 is 2.47 bits per heavy atom. The van der Waals surface area contributed by atoms with E-state index >= 15 is 0 Å². The molecule has 78 valence electrons. The van der Waals surface area contributed by atoms with Gasteiger partial charge in [-0.05, 0) is 19.4 Å². The van der Waals surface area contributed by atoms with Gasteiger partial charge in [-0.1, -0.05) is 30.3 Å². The topological polar surface area (TPSA) is 41.5 Å². The van der Waals surface area contributed by atoms with E-state index in [0.717, 1.165) is 11.4 Å². The van der Waals surface area contributed by atoms with Crippen molar-refractivity contribution in [1.29, 1.82) is 0 Å². The lowest BCUT2D eigenvalue weighted by Crippen LogP contribution is -2.39. The average molecular weight is 202 g/mol. The maximum atomic E-state index is 11.1. The Morgan fingerprint density at radius 2 is 1.93 bits per heavy atom. The quantitative estimate of drug-likeness (QED) is 0.775. The summed E-state index contributed by atoms with van der Waals surface area (Å²) in [7, 11) is 0. The van der Waals surface area contributed by atoms with E-state index in [9.17, 15) is 4.79 Å². The summed E-state index contributed by atoms with van der Waals surface area (Å²) in [5, 5.41) is 2.80. The fraction of sp³-hybridized carbons (Fsp3) is 0.333. The summed E-state index contributed by atoms with van der Waals surface area (Å²) in [6.07, 6.45) is 0. The van der Waals surface area contributed by atoms with E-state index in [4.69, 9.17) is 0 Å². The first-order valence-electron chi connectivity index (χ1n) is 5.01. The van der Waals surface area contributed by atoms with E-state index in [-0.39, 0.29) is 17.9 Å². The number of amides is 1. The Hall–Kier alpha value is -1.64. The van der Waals surface area contributed by atoms with Crippen LogP contribution < -0.4 is 5.32 Å². The third-order valence-corrected chi connectivity index (χ3v) is 2.73. The number of amidine groups is 1. The number of hydrogen-bond acceptors (Lipinski definition) is 2. The largest absolute Gasteiger partial charge is 0.312 e. The first-order valence-corrected chi connectivity index (χ1v) is 5.01. The molecule has 0 saturated carbocycles. The van der Waals surface area contributed by atoms with Crippen molar-refractivity contribution in [2.24, 2.45) is 4.99 Å². The molecule has 0 unspecified atom stereocenters. The van der Waals surface area contributed by atoms with E-state index in [1.807, 2.05) is 30.3 Å². The van der Waals surface area contributed by atoms with Gasteiger partial charge in [0.25, 0.3) is 0 Å². The van der Waals surface area contributed by atoms with E-state index < -0.39 is 0 Å². The monoisotopic (exact) mass is 202 g/mol. The molecule has 3 heteroatoms. The van der Waals surface area contributed by atoms with Crippen molar-refractivity contribution in [3.05, 3.63) is 35.9 Å². The van der Waals surface area contributed by atoms with E-state index in [0.29, 0.717) is 0 Å². The van der Waals surface area contributed by atoms with Gasteiger partial charge in [-0.3, -0.25) is 9.79 Å². The lowest BCUT2D eigenvalue weighted by atomic mass is 9.83. The zero-order valence-corrected chi connectivity index (χ0v) is 8.95. The molecule has 0 saturated heterocycles. The molecule has 3 nitrogen and oxygen atoms in total. The van der Waals surface area contributed by atoms with Crippen LogP contribution in [0, 0.1) is 0 Å². The van der Waals surface area contributed by atoms with Gasteiger partial charge < -0.3 is 5.32 Å². The van der Waals surface area contributed by atoms with Gasteiger partial charge >= 0.3 is 0 Å². The highest BCUT2D eigenvalue weighted by Gasteiger charge is 2.31. The molecule has 1 aromatic rings. The van der Waals surface area contributed by atoms with Crippen LogP contribution >= 0.6 is 0 Å². The van der Waals surface area contributed by atoms with Gasteiger partial charge in [-0.2, -0.15) is 0 Å². The summed E-state index contributed by atoms with van der Waals surface area (Å²) < 4.78 is 0. The van der Waals surface area contributed by atoms with Crippen LogP contribution in [0.2, 0.25) is 0 Å². The average Bonchev–Trinajstić information content (AvgIpc) is 2.67. The minimum absolute atomic E-state index is 0.0194. The van der Waals surface area contributed by atoms with Crippen LogP contribution in [0.5, 0.6) is 0 Å². The van der Waals surface area contributed by atoms with Crippen LogP contribution in [0.25, 0.3) is 0 Å². The second-order valence-corrected chi connectivity index (χ2v) is 4.20. The molecule has 0 radical (unpaired) electrons. The molecular formula is C12H14N2O. The Kier molecular flexibility index (Phi) is 2.31. The van der Waals surface area contributed by atoms with Crippen molar-refractivity contribution in [3.8, 4) is 0 Å². The Labute approximate surface area is 89.2 Å². The fourth-order valence-corrected chi connectivity index (χ4v) is 1.71. The predicted octanol–water partition coefficient (Wildman–Crippen LogP) is 1.49. The van der Waals surface area contributed by atoms with Crippen molar-refractivity contribution in [1.82, 2.24) is 5.32 Å². The molecule has 0 bridgehead atoms. The smallest absolute Gasteiger partial charge is 0.247 e. The van der Waals surface area contributed by atoms with Crippen molar-refractivity contribution in [2.45, 2.75) is 19.3 Å². The molecule has 0 aromatic heterocycles. The van der Waals surface area contributed by atoms with Crippen LogP contribution in [0.15, 0.2) is 35.3 Å². The number of benzene rings is 1. The maximum absolute atomic E-state index is 11.1. The number of hydrogen-bond donors (Lipinski definition) is 1. The van der Waals surface area contributed by atoms with Crippen molar-refractivity contribution in [2.75, 3.05) is 6.54 Å². The summed E-state index contributed by atoms with van der Waals surface area (Å²) in [5.41, 5.74) is 0.930. The molecule has 15 heavy (non-hydrogen) atoms. The maximum Gasteiger partial charge on any atom is 0.247 e. The lowest BCUT2D eigenvalue weighted by Gasteiger charge is -2.25. The molecule has 1 N–H and O–H groups in total. The summed E-state index contributed by atoms with van der Waals surface area (Å²) in [6, 6.07) is 10.1. The summed E-state index contributed by atoms with van der Waals surface area (Å²) >= 11 is 0. The second-order valence-electron chi connectivity index (χ2n) is 4.20. The standard InChI is InChI=1S/C12H14N2O/c1-12(2,9-6-4-3-5-7-9)11-13-8-10(15)14-11/h3-7H,8H2,1-2H3,(H,13,14,15). The molecule has 2 rings (SSSR count). The van der Waals surface area contributed by atoms with Gasteiger partial charge in [-0.25, -0.2) is 0 Å². The third kappa shape index (κ3) is 1.77. The van der Waals surface area contributed by atoms with E-state index in [2.05, 4.69) is 24.2 Å². The van der Waals surface area contributed by atoms with Crippen molar-refractivity contribution in [3.63, 3.8) is 0 Å². The molecule has 0 atom stereocenters. The van der Waals surface area contributed by atoms with Gasteiger partial charge in [0, 0.05) is 5.41 Å². The lowest BCUT2D eigenvalue weighted by molar-refractivity contribution is -0.117. The van der Waals surface area contributed by atoms with Crippen molar-refractivity contribution >= 4 is 11.7 Å².